The number of fused-ring (bicyclic) bond motifs is 6. The Bertz CT molecular complexity index is 2270. The van der Waals surface area contributed by atoms with Crippen LogP contribution in [-0.4, -0.2) is 9.13 Å². The fourth-order valence-corrected chi connectivity index (χ4v) is 7.10. The van der Waals surface area contributed by atoms with Crippen molar-refractivity contribution in [2.75, 3.05) is 0 Å². The van der Waals surface area contributed by atoms with Gasteiger partial charge in [0.25, 0.3) is 0 Å². The molecule has 0 amide bonds. The van der Waals surface area contributed by atoms with Crippen LogP contribution in [0.3, 0.4) is 0 Å². The van der Waals surface area contributed by atoms with Crippen molar-refractivity contribution in [3.63, 3.8) is 0 Å². The summed E-state index contributed by atoms with van der Waals surface area (Å²) in [4.78, 5) is 0. The summed E-state index contributed by atoms with van der Waals surface area (Å²) in [5, 5.41) is 5.20. The van der Waals surface area contributed by atoms with Crippen LogP contribution in [-0.2, 0) is 0 Å². The number of aryl methyl sites for hydroxylation is 3. The van der Waals surface area contributed by atoms with Gasteiger partial charge < -0.3 is 9.13 Å². The average Bonchev–Trinajstić information content (AvgIpc) is 3.52. The predicted molar refractivity (Wildman–Crippen MR) is 175 cm³/mol. The first-order chi connectivity index (χ1) is 20.1. The molecular formula is C39H30N2. The Kier molecular flexibility index (Phi) is 5.20. The van der Waals surface area contributed by atoms with Gasteiger partial charge in [0.05, 0.1) is 22.1 Å². The van der Waals surface area contributed by atoms with Crippen LogP contribution >= 0.6 is 0 Å². The Morgan fingerprint density at radius 3 is 1.68 bits per heavy atom. The van der Waals surface area contributed by atoms with Crippen LogP contribution < -0.4 is 0 Å². The highest BCUT2D eigenvalue weighted by molar-refractivity contribution is 6.15. The largest absolute Gasteiger partial charge is 0.309 e. The molecule has 41 heavy (non-hydrogen) atoms. The number of benzene rings is 6. The van der Waals surface area contributed by atoms with Gasteiger partial charge in [-0.05, 0) is 91.1 Å². The van der Waals surface area contributed by atoms with Crippen molar-refractivity contribution in [2.45, 2.75) is 20.8 Å². The number of hydrogen-bond donors (Lipinski definition) is 0. The molecule has 0 saturated carbocycles. The molecule has 0 saturated heterocycles. The molecule has 0 unspecified atom stereocenters. The first-order valence-electron chi connectivity index (χ1n) is 14.3. The lowest BCUT2D eigenvalue weighted by atomic mass is 9.89. The zero-order chi connectivity index (χ0) is 27.7. The summed E-state index contributed by atoms with van der Waals surface area (Å²) < 4.78 is 4.85. The second-order valence-electron chi connectivity index (χ2n) is 11.1. The van der Waals surface area contributed by atoms with Crippen LogP contribution in [0.15, 0.2) is 127 Å². The summed E-state index contributed by atoms with van der Waals surface area (Å²) in [5.41, 5.74) is 13.9. The minimum atomic E-state index is 1.19. The van der Waals surface area contributed by atoms with Crippen LogP contribution in [0.4, 0.5) is 0 Å². The van der Waals surface area contributed by atoms with E-state index in [-0.39, 0.29) is 0 Å². The molecule has 6 aromatic carbocycles. The molecule has 0 bridgehead atoms. The molecule has 8 aromatic rings. The monoisotopic (exact) mass is 526 g/mol. The third-order valence-corrected chi connectivity index (χ3v) is 8.80. The summed E-state index contributed by atoms with van der Waals surface area (Å²) in [6, 6.07) is 46.1. The molecule has 0 aliphatic rings. The molecule has 2 aromatic heterocycles. The summed E-state index contributed by atoms with van der Waals surface area (Å²) in [5.74, 6) is 0. The highest BCUT2D eigenvalue weighted by atomic mass is 15.0. The highest BCUT2D eigenvalue weighted by Gasteiger charge is 2.22. The lowest BCUT2D eigenvalue weighted by Gasteiger charge is -2.17. The van der Waals surface area contributed by atoms with Gasteiger partial charge in [-0.25, -0.2) is 0 Å². The molecule has 0 N–H and O–H groups in total. The second-order valence-corrected chi connectivity index (χ2v) is 11.1. The maximum Gasteiger partial charge on any atom is 0.0576 e. The third-order valence-electron chi connectivity index (χ3n) is 8.80. The van der Waals surface area contributed by atoms with Gasteiger partial charge in [-0.15, -0.1) is 0 Å². The Morgan fingerprint density at radius 1 is 0.439 bits per heavy atom. The number of para-hydroxylation sites is 4. The highest BCUT2D eigenvalue weighted by Crippen LogP contribution is 2.43. The maximum atomic E-state index is 2.44. The Hall–Kier alpha value is -5.08. The minimum absolute atomic E-state index is 1.19. The van der Waals surface area contributed by atoms with Gasteiger partial charge in [-0.3, -0.25) is 0 Å². The average molecular weight is 527 g/mol. The van der Waals surface area contributed by atoms with Gasteiger partial charge in [0, 0.05) is 32.9 Å². The molecule has 196 valence electrons. The van der Waals surface area contributed by atoms with Gasteiger partial charge in [-0.1, -0.05) is 84.9 Å². The van der Waals surface area contributed by atoms with Crippen molar-refractivity contribution >= 4 is 43.6 Å². The zero-order valence-corrected chi connectivity index (χ0v) is 23.5. The standard InChI is InChI=1S/C39H30N2/c1-25-24-36-38(33-19-11-13-21-35(33)40(36)28-14-6-4-7-15-28)27(3)37(25)30-22-23-32-31-18-10-12-20-34(31)41(39(32)26(30)2)29-16-8-5-9-17-29/h4-24H,1-3H3. The van der Waals surface area contributed by atoms with Gasteiger partial charge >= 0.3 is 0 Å². The molecule has 0 aliphatic heterocycles. The van der Waals surface area contributed by atoms with Crippen molar-refractivity contribution in [3.8, 4) is 22.5 Å². The van der Waals surface area contributed by atoms with E-state index >= 15 is 0 Å². The molecule has 0 spiro atoms. The SMILES string of the molecule is Cc1cc2c(c(C)c1-c1ccc3c4ccccc4n(-c4ccccc4)c3c1C)c1ccccc1n2-c1ccccc1. The van der Waals surface area contributed by atoms with Gasteiger partial charge in [-0.2, -0.15) is 0 Å². The van der Waals surface area contributed by atoms with Crippen LogP contribution in [0.5, 0.6) is 0 Å². The molecule has 2 heterocycles. The van der Waals surface area contributed by atoms with Crippen LogP contribution in [0, 0.1) is 20.8 Å². The van der Waals surface area contributed by atoms with Crippen molar-refractivity contribution in [2.24, 2.45) is 0 Å². The maximum absolute atomic E-state index is 2.44. The molecule has 0 atom stereocenters. The van der Waals surface area contributed by atoms with Gasteiger partial charge in [0.2, 0.25) is 0 Å². The van der Waals surface area contributed by atoms with Gasteiger partial charge in [0.15, 0.2) is 0 Å². The topological polar surface area (TPSA) is 9.86 Å². The molecular weight excluding hydrogens is 496 g/mol. The number of hydrogen-bond acceptors (Lipinski definition) is 0. The van der Waals surface area contributed by atoms with E-state index in [1.165, 1.54) is 82.8 Å². The van der Waals surface area contributed by atoms with Crippen LogP contribution in [0.1, 0.15) is 16.7 Å². The van der Waals surface area contributed by atoms with E-state index in [1.807, 2.05) is 0 Å². The van der Waals surface area contributed by atoms with Crippen LogP contribution in [0.25, 0.3) is 66.1 Å². The van der Waals surface area contributed by atoms with Crippen molar-refractivity contribution in [1.29, 1.82) is 0 Å². The summed E-state index contributed by atoms with van der Waals surface area (Å²) in [7, 11) is 0. The molecule has 2 heteroatoms. The lowest BCUT2D eigenvalue weighted by Crippen LogP contribution is -1.99. The molecule has 8 rings (SSSR count). The first kappa shape index (κ1) is 23.8. The first-order valence-corrected chi connectivity index (χ1v) is 14.3. The number of aromatic nitrogens is 2. The van der Waals surface area contributed by atoms with Gasteiger partial charge in [0.1, 0.15) is 0 Å². The predicted octanol–water partition coefficient (Wildman–Crippen LogP) is 10.5. The summed E-state index contributed by atoms with van der Waals surface area (Å²) in [6.07, 6.45) is 0. The van der Waals surface area contributed by atoms with E-state index in [0.717, 1.165) is 0 Å². The van der Waals surface area contributed by atoms with E-state index < -0.39 is 0 Å². The Balaban J connectivity index is 1.47. The quantitative estimate of drug-likeness (QED) is 0.217. The van der Waals surface area contributed by atoms with E-state index in [2.05, 4.69) is 157 Å². The third kappa shape index (κ3) is 3.37. The van der Waals surface area contributed by atoms with E-state index in [1.54, 1.807) is 0 Å². The Morgan fingerprint density at radius 2 is 1.00 bits per heavy atom. The van der Waals surface area contributed by atoms with E-state index in [4.69, 9.17) is 0 Å². The van der Waals surface area contributed by atoms with E-state index in [9.17, 15) is 0 Å². The fourth-order valence-electron chi connectivity index (χ4n) is 7.10. The van der Waals surface area contributed by atoms with Crippen molar-refractivity contribution in [1.82, 2.24) is 9.13 Å². The van der Waals surface area contributed by atoms with Crippen LogP contribution in [0.2, 0.25) is 0 Å². The van der Waals surface area contributed by atoms with Crippen molar-refractivity contribution < 1.29 is 0 Å². The van der Waals surface area contributed by atoms with Crippen molar-refractivity contribution in [3.05, 3.63) is 144 Å². The molecule has 2 nitrogen and oxygen atoms in total. The molecule has 0 radical (unpaired) electrons. The minimum Gasteiger partial charge on any atom is -0.309 e. The smallest absolute Gasteiger partial charge is 0.0576 e. The summed E-state index contributed by atoms with van der Waals surface area (Å²) in [6.45, 7) is 6.88. The number of rotatable bonds is 3. The normalized spacial score (nSPS) is 11.8. The second kappa shape index (κ2) is 8.97. The fraction of sp³-hybridized carbons (Fsp3) is 0.0769. The Labute approximate surface area is 239 Å². The summed E-state index contributed by atoms with van der Waals surface area (Å²) >= 11 is 0. The molecule has 0 aliphatic carbocycles. The molecule has 0 fully saturated rings. The van der Waals surface area contributed by atoms with E-state index in [0.29, 0.717) is 0 Å². The zero-order valence-electron chi connectivity index (χ0n) is 23.5. The lowest BCUT2D eigenvalue weighted by molar-refractivity contribution is 1.17. The number of nitrogens with zero attached hydrogens (tertiary/aromatic N) is 2.